The number of hydrogen-bond donors (Lipinski definition) is 2. The maximum atomic E-state index is 12.1. The third-order valence-corrected chi connectivity index (χ3v) is 4.09. The van der Waals surface area contributed by atoms with E-state index in [-0.39, 0.29) is 11.5 Å². The fourth-order valence-corrected chi connectivity index (χ4v) is 2.62. The first-order valence-corrected chi connectivity index (χ1v) is 8.13. The molecule has 0 atom stereocenters. The van der Waals surface area contributed by atoms with Gasteiger partial charge in [-0.15, -0.1) is 0 Å². The molecule has 110 valence electrons. The molecule has 0 saturated heterocycles. The van der Waals surface area contributed by atoms with E-state index in [4.69, 9.17) is 5.11 Å². The van der Waals surface area contributed by atoms with Crippen LogP contribution in [0.1, 0.15) is 32.3 Å². The quantitative estimate of drug-likeness (QED) is 0.786. The Kier molecular flexibility index (Phi) is 6.73. The van der Waals surface area contributed by atoms with Gasteiger partial charge in [0.1, 0.15) is 0 Å². The second-order valence-electron chi connectivity index (χ2n) is 4.88. The van der Waals surface area contributed by atoms with E-state index in [1.807, 2.05) is 13.8 Å². The lowest BCUT2D eigenvalue weighted by Gasteiger charge is -2.08. The number of rotatable bonds is 6. The second kappa shape index (κ2) is 8.05. The van der Waals surface area contributed by atoms with E-state index in [0.29, 0.717) is 24.4 Å². The van der Waals surface area contributed by atoms with Crippen molar-refractivity contribution in [1.29, 1.82) is 0 Å². The zero-order valence-corrected chi connectivity index (χ0v) is 12.7. The molecule has 0 unspecified atom stereocenters. The Morgan fingerprint density at radius 3 is 2.75 bits per heavy atom. The molecule has 0 aliphatic rings. The molecular weight excluding hydrogens is 274 g/mol. The lowest BCUT2D eigenvalue weighted by Crippen LogP contribution is -2.25. The first-order valence-electron chi connectivity index (χ1n) is 6.65. The van der Waals surface area contributed by atoms with Crippen molar-refractivity contribution in [3.05, 3.63) is 29.8 Å². The van der Waals surface area contributed by atoms with Crippen LogP contribution >= 0.6 is 0 Å². The summed E-state index contributed by atoms with van der Waals surface area (Å²) in [5.41, 5.74) is 0.630. The van der Waals surface area contributed by atoms with Crippen molar-refractivity contribution >= 4 is 10.0 Å². The molecule has 0 heterocycles. The molecule has 0 bridgehead atoms. The standard InChI is InChI=1S/C15H21NO3S/c1-13(2)9-10-16-20(18,19)15-8-5-7-14(12-15)6-3-4-11-17/h5,7-8,12-13,16-17H,4,9-11H2,1-2H3. The van der Waals surface area contributed by atoms with Crippen LogP contribution in [-0.4, -0.2) is 26.7 Å². The minimum atomic E-state index is -3.48. The van der Waals surface area contributed by atoms with Gasteiger partial charge in [-0.2, -0.15) is 0 Å². The highest BCUT2D eigenvalue weighted by molar-refractivity contribution is 7.89. The fraction of sp³-hybridized carbons (Fsp3) is 0.467. The van der Waals surface area contributed by atoms with Crippen LogP contribution in [0.25, 0.3) is 0 Å². The van der Waals surface area contributed by atoms with Gasteiger partial charge < -0.3 is 5.11 Å². The summed E-state index contributed by atoms with van der Waals surface area (Å²) in [5, 5.41) is 8.66. The Bertz CT molecular complexity index is 583. The molecule has 20 heavy (non-hydrogen) atoms. The van der Waals surface area contributed by atoms with Crippen molar-refractivity contribution in [3.8, 4) is 11.8 Å². The third kappa shape index (κ3) is 5.74. The summed E-state index contributed by atoms with van der Waals surface area (Å²) in [6, 6.07) is 6.51. The largest absolute Gasteiger partial charge is 0.395 e. The van der Waals surface area contributed by atoms with Crippen LogP contribution in [0.5, 0.6) is 0 Å². The van der Waals surface area contributed by atoms with Crippen LogP contribution < -0.4 is 4.72 Å². The van der Waals surface area contributed by atoms with Gasteiger partial charge in [-0.3, -0.25) is 0 Å². The van der Waals surface area contributed by atoms with Crippen molar-refractivity contribution in [2.24, 2.45) is 5.92 Å². The number of hydrogen-bond acceptors (Lipinski definition) is 3. The molecule has 2 N–H and O–H groups in total. The van der Waals surface area contributed by atoms with E-state index in [9.17, 15) is 8.42 Å². The molecule has 1 rings (SSSR count). The summed E-state index contributed by atoms with van der Waals surface area (Å²) < 4.78 is 26.8. The minimum Gasteiger partial charge on any atom is -0.395 e. The number of aliphatic hydroxyl groups is 1. The highest BCUT2D eigenvalue weighted by Gasteiger charge is 2.13. The van der Waals surface area contributed by atoms with Crippen LogP contribution in [0.4, 0.5) is 0 Å². The number of benzene rings is 1. The zero-order chi connectivity index (χ0) is 15.0. The molecule has 1 aromatic rings. The number of aliphatic hydroxyl groups excluding tert-OH is 1. The van der Waals surface area contributed by atoms with Crippen LogP contribution in [0.2, 0.25) is 0 Å². The topological polar surface area (TPSA) is 66.4 Å². The van der Waals surface area contributed by atoms with E-state index in [0.717, 1.165) is 6.42 Å². The summed E-state index contributed by atoms with van der Waals surface area (Å²) in [4.78, 5) is 0.219. The monoisotopic (exact) mass is 295 g/mol. The van der Waals surface area contributed by atoms with E-state index < -0.39 is 10.0 Å². The molecule has 0 aliphatic carbocycles. The molecule has 5 heteroatoms. The smallest absolute Gasteiger partial charge is 0.240 e. The Hall–Kier alpha value is -1.35. The molecule has 0 amide bonds. The first-order chi connectivity index (χ1) is 9.45. The maximum absolute atomic E-state index is 12.1. The molecule has 0 spiro atoms. The Morgan fingerprint density at radius 2 is 2.10 bits per heavy atom. The van der Waals surface area contributed by atoms with Gasteiger partial charge >= 0.3 is 0 Å². The normalized spacial score (nSPS) is 11.2. The predicted molar refractivity (Wildman–Crippen MR) is 79.7 cm³/mol. The average Bonchev–Trinajstić information content (AvgIpc) is 2.39. The third-order valence-electron chi connectivity index (χ3n) is 2.63. The van der Waals surface area contributed by atoms with Crippen LogP contribution in [0.3, 0.4) is 0 Å². The van der Waals surface area contributed by atoms with Crippen molar-refractivity contribution in [3.63, 3.8) is 0 Å². The average molecular weight is 295 g/mol. The fourth-order valence-electron chi connectivity index (χ4n) is 1.53. The van der Waals surface area contributed by atoms with E-state index in [1.54, 1.807) is 24.3 Å². The summed E-state index contributed by atoms with van der Waals surface area (Å²) in [6.07, 6.45) is 1.18. The number of nitrogens with one attached hydrogen (secondary N) is 1. The van der Waals surface area contributed by atoms with Gasteiger partial charge in [-0.1, -0.05) is 31.8 Å². The summed E-state index contributed by atoms with van der Waals surface area (Å²) >= 11 is 0. The van der Waals surface area contributed by atoms with Gasteiger partial charge in [0.05, 0.1) is 11.5 Å². The SMILES string of the molecule is CC(C)CCNS(=O)(=O)c1cccc(C#CCCO)c1. The molecule has 0 aliphatic heterocycles. The summed E-state index contributed by atoms with van der Waals surface area (Å²) in [5.74, 6) is 6.06. The molecule has 0 fully saturated rings. The Labute approximate surface area is 121 Å². The lowest BCUT2D eigenvalue weighted by molar-refractivity contribution is 0.305. The highest BCUT2D eigenvalue weighted by atomic mass is 32.2. The highest BCUT2D eigenvalue weighted by Crippen LogP contribution is 2.11. The van der Waals surface area contributed by atoms with Crippen LogP contribution in [0.15, 0.2) is 29.2 Å². The van der Waals surface area contributed by atoms with Gasteiger partial charge in [0.25, 0.3) is 0 Å². The van der Waals surface area contributed by atoms with Crippen molar-refractivity contribution in [2.75, 3.05) is 13.2 Å². The van der Waals surface area contributed by atoms with Crippen LogP contribution in [0, 0.1) is 17.8 Å². The molecule has 0 saturated carbocycles. The molecule has 0 radical (unpaired) electrons. The van der Waals surface area contributed by atoms with Gasteiger partial charge in [-0.25, -0.2) is 13.1 Å². The Balaban J connectivity index is 2.80. The molecule has 0 aromatic heterocycles. The predicted octanol–water partition coefficient (Wildman–Crippen LogP) is 1.74. The van der Waals surface area contributed by atoms with Crippen molar-refractivity contribution in [1.82, 2.24) is 4.72 Å². The van der Waals surface area contributed by atoms with Crippen molar-refractivity contribution < 1.29 is 13.5 Å². The van der Waals surface area contributed by atoms with Crippen LogP contribution in [-0.2, 0) is 10.0 Å². The van der Waals surface area contributed by atoms with Gasteiger partial charge in [0, 0.05) is 18.5 Å². The maximum Gasteiger partial charge on any atom is 0.240 e. The van der Waals surface area contributed by atoms with Crippen molar-refractivity contribution in [2.45, 2.75) is 31.6 Å². The number of sulfonamides is 1. The van der Waals surface area contributed by atoms with E-state index >= 15 is 0 Å². The van der Waals surface area contributed by atoms with E-state index in [1.165, 1.54) is 0 Å². The molecule has 1 aromatic carbocycles. The van der Waals surface area contributed by atoms with Gasteiger partial charge in [-0.05, 0) is 30.5 Å². The van der Waals surface area contributed by atoms with Gasteiger partial charge in [0.15, 0.2) is 0 Å². The zero-order valence-electron chi connectivity index (χ0n) is 11.9. The second-order valence-corrected chi connectivity index (χ2v) is 6.65. The Morgan fingerprint density at radius 1 is 1.35 bits per heavy atom. The summed E-state index contributed by atoms with van der Waals surface area (Å²) in [6.45, 7) is 4.53. The minimum absolute atomic E-state index is 0.00173. The van der Waals surface area contributed by atoms with Gasteiger partial charge in [0.2, 0.25) is 10.0 Å². The molecule has 4 nitrogen and oxygen atoms in total. The van der Waals surface area contributed by atoms with E-state index in [2.05, 4.69) is 16.6 Å². The lowest BCUT2D eigenvalue weighted by atomic mass is 10.1. The first kappa shape index (κ1) is 16.7. The summed E-state index contributed by atoms with van der Waals surface area (Å²) in [7, 11) is -3.48. The molecular formula is C15H21NO3S.